The van der Waals surface area contributed by atoms with Gasteiger partial charge in [-0.15, -0.1) is 0 Å². The molecular weight excluding hydrogens is 353 g/mol. The standard InChI is InChI=1S/C19H24FN3O2S/c1-6-22(3)13-21-16-11-14(2)18(12-19(16)26(5,24)25)23(4)17-10-8-7-9-15(17)20/h7-13H,6H2,1-5H3/b21-13+. The Balaban J connectivity index is 2.60. The Morgan fingerprint density at radius 3 is 2.38 bits per heavy atom. The zero-order valence-electron chi connectivity index (χ0n) is 15.7. The van der Waals surface area contributed by atoms with Gasteiger partial charge in [-0.1, -0.05) is 12.1 Å². The van der Waals surface area contributed by atoms with E-state index in [1.54, 1.807) is 48.6 Å². The number of sulfone groups is 1. The normalized spacial score (nSPS) is 11.8. The number of hydrogen-bond donors (Lipinski definition) is 0. The molecule has 0 N–H and O–H groups in total. The molecule has 0 saturated heterocycles. The van der Waals surface area contributed by atoms with Crippen LogP contribution in [0.2, 0.25) is 0 Å². The Morgan fingerprint density at radius 1 is 1.15 bits per heavy atom. The first-order chi connectivity index (χ1) is 12.1. The molecule has 0 heterocycles. The number of anilines is 2. The van der Waals surface area contributed by atoms with Gasteiger partial charge in [0.15, 0.2) is 9.84 Å². The average Bonchev–Trinajstić information content (AvgIpc) is 2.58. The molecule has 0 aromatic heterocycles. The smallest absolute Gasteiger partial charge is 0.177 e. The summed E-state index contributed by atoms with van der Waals surface area (Å²) >= 11 is 0. The SMILES string of the molecule is CCN(C)/C=N/c1cc(C)c(N(C)c2ccccc2F)cc1S(C)(=O)=O. The highest BCUT2D eigenvalue weighted by molar-refractivity contribution is 7.90. The van der Waals surface area contributed by atoms with Crippen molar-refractivity contribution in [1.29, 1.82) is 0 Å². The molecule has 0 fully saturated rings. The number of rotatable bonds is 6. The summed E-state index contributed by atoms with van der Waals surface area (Å²) in [6.45, 7) is 4.58. The molecule has 5 nitrogen and oxygen atoms in total. The molecule has 0 unspecified atom stereocenters. The molecule has 0 radical (unpaired) electrons. The molecule has 26 heavy (non-hydrogen) atoms. The molecule has 2 rings (SSSR count). The second kappa shape index (κ2) is 7.86. The lowest BCUT2D eigenvalue weighted by Gasteiger charge is -2.23. The highest BCUT2D eigenvalue weighted by atomic mass is 32.2. The number of para-hydroxylation sites is 1. The maximum atomic E-state index is 14.1. The van der Waals surface area contributed by atoms with Crippen LogP contribution in [0, 0.1) is 12.7 Å². The molecule has 2 aromatic rings. The Labute approximate surface area is 154 Å². The van der Waals surface area contributed by atoms with Crippen LogP contribution in [0.15, 0.2) is 46.3 Å². The first kappa shape index (κ1) is 19.9. The fraction of sp³-hybridized carbons (Fsp3) is 0.316. The molecule has 7 heteroatoms. The number of nitrogens with zero attached hydrogens (tertiary/aromatic N) is 3. The molecule has 0 spiro atoms. The monoisotopic (exact) mass is 377 g/mol. The lowest BCUT2D eigenvalue weighted by molar-refractivity contribution is 0.552. The summed E-state index contributed by atoms with van der Waals surface area (Å²) in [5, 5.41) is 0. The van der Waals surface area contributed by atoms with Gasteiger partial charge < -0.3 is 9.80 Å². The summed E-state index contributed by atoms with van der Waals surface area (Å²) in [5.74, 6) is -0.373. The third kappa shape index (κ3) is 4.40. The van der Waals surface area contributed by atoms with Crippen molar-refractivity contribution in [3.8, 4) is 0 Å². The van der Waals surface area contributed by atoms with Crippen LogP contribution in [-0.4, -0.2) is 46.6 Å². The Morgan fingerprint density at radius 2 is 1.81 bits per heavy atom. The van der Waals surface area contributed by atoms with E-state index in [1.165, 1.54) is 6.07 Å². The van der Waals surface area contributed by atoms with Crippen molar-refractivity contribution in [1.82, 2.24) is 4.90 Å². The molecule has 0 aliphatic carbocycles. The van der Waals surface area contributed by atoms with E-state index in [4.69, 9.17) is 0 Å². The van der Waals surface area contributed by atoms with Gasteiger partial charge in [-0.3, -0.25) is 0 Å². The van der Waals surface area contributed by atoms with Gasteiger partial charge >= 0.3 is 0 Å². The van der Waals surface area contributed by atoms with Crippen molar-refractivity contribution in [2.24, 2.45) is 4.99 Å². The molecule has 0 bridgehead atoms. The summed E-state index contributed by atoms with van der Waals surface area (Å²) < 4.78 is 38.7. The Bertz CT molecular complexity index is 926. The van der Waals surface area contributed by atoms with Crippen LogP contribution < -0.4 is 4.90 Å². The van der Waals surface area contributed by atoms with E-state index in [1.807, 2.05) is 25.8 Å². The topological polar surface area (TPSA) is 53.0 Å². The average molecular weight is 377 g/mol. The predicted octanol–water partition coefficient (Wildman–Crippen LogP) is 3.92. The third-order valence-corrected chi connectivity index (χ3v) is 5.27. The second-order valence-corrected chi connectivity index (χ2v) is 8.19. The van der Waals surface area contributed by atoms with Gasteiger partial charge in [0, 0.05) is 32.6 Å². The largest absolute Gasteiger partial charge is 0.366 e. The first-order valence-corrected chi connectivity index (χ1v) is 10.1. The van der Waals surface area contributed by atoms with Crippen LogP contribution in [0.4, 0.5) is 21.5 Å². The van der Waals surface area contributed by atoms with Crippen molar-refractivity contribution in [2.75, 3.05) is 31.8 Å². The highest BCUT2D eigenvalue weighted by Gasteiger charge is 2.19. The van der Waals surface area contributed by atoms with Crippen molar-refractivity contribution in [3.63, 3.8) is 0 Å². The van der Waals surface area contributed by atoms with E-state index in [0.717, 1.165) is 18.4 Å². The summed E-state index contributed by atoms with van der Waals surface area (Å²) in [4.78, 5) is 7.93. The van der Waals surface area contributed by atoms with Gasteiger partial charge in [0.2, 0.25) is 0 Å². The van der Waals surface area contributed by atoms with Crippen LogP contribution in [0.3, 0.4) is 0 Å². The number of aliphatic imine (C=N–C) groups is 1. The van der Waals surface area contributed by atoms with Crippen molar-refractivity contribution in [3.05, 3.63) is 47.8 Å². The maximum absolute atomic E-state index is 14.1. The first-order valence-electron chi connectivity index (χ1n) is 8.22. The second-order valence-electron chi connectivity index (χ2n) is 6.21. The van der Waals surface area contributed by atoms with Gasteiger partial charge in [0.25, 0.3) is 0 Å². The molecule has 0 aliphatic rings. The molecule has 0 aliphatic heterocycles. The zero-order valence-corrected chi connectivity index (χ0v) is 16.5. The van der Waals surface area contributed by atoms with Crippen LogP contribution >= 0.6 is 0 Å². The number of halogens is 1. The summed E-state index contributed by atoms with van der Waals surface area (Å²) in [5.41, 5.74) is 2.15. The van der Waals surface area contributed by atoms with E-state index in [-0.39, 0.29) is 10.7 Å². The summed E-state index contributed by atoms with van der Waals surface area (Å²) in [6.07, 6.45) is 2.75. The number of aryl methyl sites for hydroxylation is 1. The molecular formula is C19H24FN3O2S. The Kier molecular flexibility index (Phi) is 6.02. The molecule has 0 saturated carbocycles. The fourth-order valence-electron chi connectivity index (χ4n) is 2.52. The van der Waals surface area contributed by atoms with E-state index < -0.39 is 9.84 Å². The van der Waals surface area contributed by atoms with Crippen LogP contribution in [0.1, 0.15) is 12.5 Å². The lowest BCUT2D eigenvalue weighted by Crippen LogP contribution is -2.15. The van der Waals surface area contributed by atoms with Crippen LogP contribution in [0.5, 0.6) is 0 Å². The predicted molar refractivity (Wildman–Crippen MR) is 105 cm³/mol. The quantitative estimate of drug-likeness (QED) is 0.566. The minimum absolute atomic E-state index is 0.113. The van der Waals surface area contributed by atoms with Crippen molar-refractivity contribution < 1.29 is 12.8 Å². The van der Waals surface area contributed by atoms with E-state index in [2.05, 4.69) is 4.99 Å². The zero-order chi connectivity index (χ0) is 19.5. The molecule has 140 valence electrons. The van der Waals surface area contributed by atoms with Gasteiger partial charge in [0.1, 0.15) is 5.82 Å². The van der Waals surface area contributed by atoms with Crippen LogP contribution in [0.25, 0.3) is 0 Å². The van der Waals surface area contributed by atoms with E-state index in [0.29, 0.717) is 17.1 Å². The van der Waals surface area contributed by atoms with Gasteiger partial charge in [-0.05, 0) is 43.7 Å². The van der Waals surface area contributed by atoms with Crippen molar-refractivity contribution >= 4 is 33.2 Å². The van der Waals surface area contributed by atoms with Gasteiger partial charge in [-0.2, -0.15) is 0 Å². The van der Waals surface area contributed by atoms with Gasteiger partial charge in [-0.25, -0.2) is 17.8 Å². The third-order valence-electron chi connectivity index (χ3n) is 4.14. The minimum Gasteiger partial charge on any atom is -0.366 e. The number of hydrogen-bond acceptors (Lipinski definition) is 4. The molecule has 2 aromatic carbocycles. The lowest BCUT2D eigenvalue weighted by atomic mass is 10.1. The Hall–Kier alpha value is -2.41. The summed E-state index contributed by atoms with van der Waals surface area (Å²) in [6, 6.07) is 9.64. The summed E-state index contributed by atoms with van der Waals surface area (Å²) in [7, 11) is 0.0610. The highest BCUT2D eigenvalue weighted by Crippen LogP contribution is 2.35. The molecule has 0 atom stereocenters. The fourth-order valence-corrected chi connectivity index (χ4v) is 3.33. The minimum atomic E-state index is -3.51. The number of benzene rings is 2. The molecule has 0 amide bonds. The van der Waals surface area contributed by atoms with Gasteiger partial charge in [0.05, 0.1) is 22.6 Å². The van der Waals surface area contributed by atoms with Crippen molar-refractivity contribution in [2.45, 2.75) is 18.7 Å². The maximum Gasteiger partial charge on any atom is 0.177 e. The van der Waals surface area contributed by atoms with Crippen LogP contribution in [-0.2, 0) is 9.84 Å². The van der Waals surface area contributed by atoms with E-state index in [9.17, 15) is 12.8 Å². The van der Waals surface area contributed by atoms with E-state index >= 15 is 0 Å².